The van der Waals surface area contributed by atoms with E-state index in [-0.39, 0.29) is 6.61 Å². The second-order valence-electron chi connectivity index (χ2n) is 4.76. The van der Waals surface area contributed by atoms with E-state index in [1.807, 2.05) is 30.3 Å². The van der Waals surface area contributed by atoms with Gasteiger partial charge in [-0.3, -0.25) is 9.11 Å². The standard InChI is InChI=1S/C13H21N3O4S/c1-15-9-10-16(21(15,18)19)8-7-14-13(17)20-11-12-5-3-2-4-6-12/h2-6,18-19H,7-11H2,1H3,(H,14,17). The van der Waals surface area contributed by atoms with Gasteiger partial charge in [0.2, 0.25) is 0 Å². The summed E-state index contributed by atoms with van der Waals surface area (Å²) in [5.41, 5.74) is 0.919. The molecule has 1 aliphatic heterocycles. The van der Waals surface area contributed by atoms with Crippen molar-refractivity contribution < 1.29 is 18.6 Å². The molecule has 0 atom stereocenters. The lowest BCUT2D eigenvalue weighted by molar-refractivity contribution is 0.139. The zero-order valence-corrected chi connectivity index (χ0v) is 12.8. The largest absolute Gasteiger partial charge is 0.445 e. The number of rotatable bonds is 5. The molecule has 1 aromatic carbocycles. The van der Waals surface area contributed by atoms with Gasteiger partial charge in [-0.2, -0.15) is 8.61 Å². The van der Waals surface area contributed by atoms with E-state index in [0.717, 1.165) is 5.56 Å². The molecule has 8 heteroatoms. The molecule has 7 nitrogen and oxygen atoms in total. The quantitative estimate of drug-likeness (QED) is 0.767. The van der Waals surface area contributed by atoms with Crippen molar-refractivity contribution in [2.75, 3.05) is 33.2 Å². The summed E-state index contributed by atoms with van der Waals surface area (Å²) < 4.78 is 27.9. The van der Waals surface area contributed by atoms with Gasteiger partial charge in [-0.1, -0.05) is 41.3 Å². The second-order valence-corrected chi connectivity index (χ2v) is 6.88. The van der Waals surface area contributed by atoms with E-state index in [9.17, 15) is 13.9 Å². The lowest BCUT2D eigenvalue weighted by Crippen LogP contribution is -2.35. The van der Waals surface area contributed by atoms with Crippen LogP contribution in [-0.4, -0.2) is 57.0 Å². The van der Waals surface area contributed by atoms with Crippen molar-refractivity contribution in [3.63, 3.8) is 0 Å². The average molecular weight is 315 g/mol. The van der Waals surface area contributed by atoms with Crippen LogP contribution in [-0.2, 0) is 11.3 Å². The molecule has 1 aliphatic rings. The highest BCUT2D eigenvalue weighted by Gasteiger charge is 2.33. The van der Waals surface area contributed by atoms with E-state index < -0.39 is 17.1 Å². The molecule has 1 fully saturated rings. The Hall–Kier alpha value is -1.32. The summed E-state index contributed by atoms with van der Waals surface area (Å²) in [6.45, 7) is 2.05. The van der Waals surface area contributed by atoms with E-state index in [0.29, 0.717) is 26.2 Å². The predicted molar refractivity (Wildman–Crippen MR) is 81.7 cm³/mol. The Balaban J connectivity index is 1.66. The van der Waals surface area contributed by atoms with Crippen LogP contribution in [0.15, 0.2) is 30.3 Å². The van der Waals surface area contributed by atoms with Gasteiger partial charge in [0.15, 0.2) is 0 Å². The molecule has 1 saturated heterocycles. The second kappa shape index (κ2) is 7.10. The number of ether oxygens (including phenoxy) is 1. The molecule has 1 aromatic rings. The van der Waals surface area contributed by atoms with E-state index in [1.165, 1.54) is 4.31 Å². The third kappa shape index (κ3) is 4.32. The van der Waals surface area contributed by atoms with Crippen LogP contribution in [0.2, 0.25) is 0 Å². The maximum atomic E-state index is 11.5. The summed E-state index contributed by atoms with van der Waals surface area (Å²) in [6.07, 6.45) is -0.511. The Morgan fingerprint density at radius 1 is 1.33 bits per heavy atom. The minimum absolute atomic E-state index is 0.217. The van der Waals surface area contributed by atoms with Crippen LogP contribution in [0.4, 0.5) is 4.79 Å². The number of hydrogen-bond donors (Lipinski definition) is 3. The molecule has 0 aliphatic carbocycles. The first-order valence-corrected chi connectivity index (χ1v) is 8.15. The minimum atomic E-state index is -2.84. The lowest BCUT2D eigenvalue weighted by Gasteiger charge is -2.40. The summed E-state index contributed by atoms with van der Waals surface area (Å²) in [7, 11) is -1.18. The topological polar surface area (TPSA) is 85.3 Å². The zero-order chi connectivity index (χ0) is 15.3. The molecule has 2 rings (SSSR count). The molecule has 0 aromatic heterocycles. The highest BCUT2D eigenvalue weighted by atomic mass is 32.3. The summed E-state index contributed by atoms with van der Waals surface area (Å²) in [5, 5.41) is 2.60. The molecule has 3 N–H and O–H groups in total. The van der Waals surface area contributed by atoms with Crippen LogP contribution in [0.25, 0.3) is 0 Å². The van der Waals surface area contributed by atoms with Gasteiger partial charge in [0.25, 0.3) is 0 Å². The van der Waals surface area contributed by atoms with Gasteiger partial charge < -0.3 is 10.1 Å². The molecule has 21 heavy (non-hydrogen) atoms. The number of carbonyl (C=O) groups excluding carboxylic acids is 1. The Kier molecular flexibility index (Phi) is 5.43. The first-order chi connectivity index (χ1) is 10.00. The zero-order valence-electron chi connectivity index (χ0n) is 11.9. The Bertz CT molecular complexity index is 472. The summed E-state index contributed by atoms with van der Waals surface area (Å²) >= 11 is 0. The highest BCUT2D eigenvalue weighted by molar-refractivity contribution is 8.20. The molecular formula is C13H21N3O4S. The van der Waals surface area contributed by atoms with E-state index in [4.69, 9.17) is 4.74 Å². The first kappa shape index (κ1) is 16.1. The van der Waals surface area contributed by atoms with Gasteiger partial charge in [0, 0.05) is 33.2 Å². The molecule has 1 amide bonds. The van der Waals surface area contributed by atoms with Crippen LogP contribution in [0.5, 0.6) is 0 Å². The highest BCUT2D eigenvalue weighted by Crippen LogP contribution is 2.49. The van der Waals surface area contributed by atoms with Gasteiger partial charge in [0.05, 0.1) is 0 Å². The SMILES string of the molecule is CN1CCN(CCNC(=O)OCc2ccccc2)S1(O)O. The normalized spacial score (nSPS) is 20.1. The summed E-state index contributed by atoms with van der Waals surface area (Å²) in [4.78, 5) is 11.5. The number of benzene rings is 1. The van der Waals surface area contributed by atoms with E-state index in [1.54, 1.807) is 11.4 Å². The maximum Gasteiger partial charge on any atom is 0.407 e. The average Bonchev–Trinajstić information content (AvgIpc) is 2.73. The number of likely N-dealkylation sites (N-methyl/N-ethyl adjacent to an activating group) is 1. The van der Waals surface area contributed by atoms with Gasteiger partial charge in [-0.25, -0.2) is 4.79 Å². The Morgan fingerprint density at radius 3 is 2.67 bits per heavy atom. The van der Waals surface area contributed by atoms with Crippen molar-refractivity contribution in [1.82, 2.24) is 13.9 Å². The van der Waals surface area contributed by atoms with Crippen molar-refractivity contribution in [2.24, 2.45) is 0 Å². The van der Waals surface area contributed by atoms with Crippen LogP contribution in [0.3, 0.4) is 0 Å². The molecule has 1 heterocycles. The molecule has 0 radical (unpaired) electrons. The third-order valence-corrected chi connectivity index (χ3v) is 5.35. The molecule has 0 bridgehead atoms. The first-order valence-electron chi connectivity index (χ1n) is 6.69. The summed E-state index contributed by atoms with van der Waals surface area (Å²) in [6, 6.07) is 9.41. The Labute approximate surface area is 126 Å². The molecule has 118 valence electrons. The number of alkyl carbamates (subject to hydrolysis) is 1. The lowest BCUT2D eigenvalue weighted by atomic mass is 10.2. The monoisotopic (exact) mass is 315 g/mol. The fourth-order valence-electron chi connectivity index (χ4n) is 1.99. The smallest absolute Gasteiger partial charge is 0.407 e. The number of nitrogens with zero attached hydrogens (tertiary/aromatic N) is 2. The number of carbonyl (C=O) groups is 1. The van der Waals surface area contributed by atoms with Crippen molar-refractivity contribution in [1.29, 1.82) is 0 Å². The molecular weight excluding hydrogens is 294 g/mol. The van der Waals surface area contributed by atoms with Crippen molar-refractivity contribution in [3.8, 4) is 0 Å². The molecule has 0 saturated carbocycles. The van der Waals surface area contributed by atoms with Crippen LogP contribution in [0.1, 0.15) is 5.56 Å². The van der Waals surface area contributed by atoms with Gasteiger partial charge >= 0.3 is 6.09 Å². The fourth-order valence-corrected chi connectivity index (χ4v) is 3.37. The van der Waals surface area contributed by atoms with Gasteiger partial charge in [0.1, 0.15) is 6.61 Å². The van der Waals surface area contributed by atoms with E-state index in [2.05, 4.69) is 5.32 Å². The Morgan fingerprint density at radius 2 is 2.05 bits per heavy atom. The number of hydrogen-bond acceptors (Lipinski definition) is 6. The van der Waals surface area contributed by atoms with Crippen molar-refractivity contribution in [3.05, 3.63) is 35.9 Å². The van der Waals surface area contributed by atoms with Gasteiger partial charge in [-0.05, 0) is 5.56 Å². The molecule has 0 unspecified atom stereocenters. The fraction of sp³-hybridized carbons (Fsp3) is 0.462. The van der Waals surface area contributed by atoms with Gasteiger partial charge in [-0.15, -0.1) is 0 Å². The number of amides is 1. The van der Waals surface area contributed by atoms with Crippen molar-refractivity contribution in [2.45, 2.75) is 6.61 Å². The van der Waals surface area contributed by atoms with Crippen LogP contribution < -0.4 is 5.32 Å². The summed E-state index contributed by atoms with van der Waals surface area (Å²) in [5.74, 6) is 0. The van der Waals surface area contributed by atoms with E-state index >= 15 is 0 Å². The van der Waals surface area contributed by atoms with Crippen LogP contribution >= 0.6 is 11.0 Å². The number of nitrogens with one attached hydrogen (secondary N) is 1. The molecule has 0 spiro atoms. The minimum Gasteiger partial charge on any atom is -0.445 e. The van der Waals surface area contributed by atoms with Crippen LogP contribution in [0, 0.1) is 0 Å². The van der Waals surface area contributed by atoms with Crippen molar-refractivity contribution >= 4 is 17.1 Å². The third-order valence-electron chi connectivity index (χ3n) is 3.27. The predicted octanol–water partition coefficient (Wildman–Crippen LogP) is 1.74. The maximum absolute atomic E-state index is 11.5.